The van der Waals surface area contributed by atoms with Crippen LogP contribution >= 0.6 is 0 Å². The average molecular weight is 439 g/mol. The molecule has 0 saturated carbocycles. The predicted molar refractivity (Wildman–Crippen MR) is 129 cm³/mol. The van der Waals surface area contributed by atoms with Gasteiger partial charge in [-0.05, 0) is 12.3 Å². The molecule has 2 N–H and O–H groups in total. The van der Waals surface area contributed by atoms with Crippen molar-refractivity contribution in [1.82, 2.24) is 0 Å². The zero-order chi connectivity index (χ0) is 21.7. The van der Waals surface area contributed by atoms with Crippen molar-refractivity contribution >= 4 is 35.0 Å². The Morgan fingerprint density at radius 1 is 0.600 bits per heavy atom. The summed E-state index contributed by atoms with van der Waals surface area (Å²) in [7, 11) is 0. The summed E-state index contributed by atoms with van der Waals surface area (Å²) in [6.07, 6.45) is 22.4. The van der Waals surface area contributed by atoms with E-state index in [1.807, 2.05) is 0 Å². The van der Waals surface area contributed by atoms with Crippen LogP contribution in [0.1, 0.15) is 139 Å². The fourth-order valence-corrected chi connectivity index (χ4v) is 4.15. The molecule has 0 spiro atoms. The molecule has 0 aromatic carbocycles. The van der Waals surface area contributed by atoms with Crippen molar-refractivity contribution in [3.8, 4) is 0 Å². The van der Waals surface area contributed by atoms with E-state index in [1.165, 1.54) is 89.9 Å². The Balaban J connectivity index is -0.00000131. The number of aliphatic carboxylic acids is 2. The molecule has 0 aromatic heterocycles. The maximum Gasteiger partial charge on any atom is 2.00 e. The molecule has 0 aromatic rings. The van der Waals surface area contributed by atoms with Gasteiger partial charge < -0.3 is 13.1 Å². The summed E-state index contributed by atoms with van der Waals surface area (Å²) in [4.78, 5) is 22.6. The summed E-state index contributed by atoms with van der Waals surface area (Å²) >= 11 is 0. The van der Waals surface area contributed by atoms with Crippen LogP contribution in [0.25, 0.3) is 0 Å². The van der Waals surface area contributed by atoms with E-state index in [9.17, 15) is 19.8 Å². The van der Waals surface area contributed by atoms with Crippen molar-refractivity contribution in [3.05, 3.63) is 0 Å². The molecule has 0 saturated heterocycles. The maximum absolute atomic E-state index is 11.3. The second kappa shape index (κ2) is 23.4. The first-order valence-electron chi connectivity index (χ1n) is 12.5. The normalized spacial score (nSPS) is 11.1. The van der Waals surface area contributed by atoms with Crippen LogP contribution in [-0.2, 0) is 9.59 Å². The van der Waals surface area contributed by atoms with E-state index in [2.05, 4.69) is 13.8 Å². The predicted octanol–water partition coefficient (Wildman–Crippen LogP) is 7.68. The molecular weight excluding hydrogens is 389 g/mol. The Morgan fingerprint density at radius 2 is 0.900 bits per heavy atom. The molecule has 0 rings (SSSR count). The third-order valence-corrected chi connectivity index (χ3v) is 6.10. The number of carboxylic acids is 2. The van der Waals surface area contributed by atoms with Gasteiger partial charge in [-0.25, -0.2) is 0 Å². The van der Waals surface area contributed by atoms with Gasteiger partial charge in [0.05, 0.1) is 0 Å². The minimum absolute atomic E-state index is 0. The first-order valence-corrected chi connectivity index (χ1v) is 12.5. The molecule has 5 heteroatoms. The summed E-state index contributed by atoms with van der Waals surface area (Å²) in [6.45, 7) is 4.46. The minimum Gasteiger partial charge on any atom is -1.00 e. The average Bonchev–Trinajstić information content (AvgIpc) is 2.68. The van der Waals surface area contributed by atoms with E-state index in [-0.39, 0.29) is 38.2 Å². The van der Waals surface area contributed by atoms with Gasteiger partial charge in [0, 0.05) is 0 Å². The number of hydrogen-bond donors (Lipinski definition) is 2. The Bertz CT molecular complexity index is 377. The van der Waals surface area contributed by atoms with Gasteiger partial charge >= 0.3 is 35.0 Å². The molecule has 30 heavy (non-hydrogen) atoms. The summed E-state index contributed by atoms with van der Waals surface area (Å²) in [6, 6.07) is 0. The number of carbonyl (C=O) groups is 2. The Labute approximate surface area is 205 Å². The van der Waals surface area contributed by atoms with Crippen LogP contribution in [0.5, 0.6) is 0 Å². The molecule has 0 bridgehead atoms. The van der Waals surface area contributed by atoms with Crippen LogP contribution in [-0.4, -0.2) is 45.2 Å². The molecule has 0 unspecified atom stereocenters. The van der Waals surface area contributed by atoms with Gasteiger partial charge in [-0.3, -0.25) is 9.59 Å². The third-order valence-electron chi connectivity index (χ3n) is 6.10. The first-order chi connectivity index (χ1) is 14.0. The smallest absolute Gasteiger partial charge is 1.00 e. The number of carboxylic acid groups (broad SMARTS) is 2. The Hall–Kier alpha value is -0.294. The number of rotatable bonds is 22. The Kier molecular flexibility index (Phi) is 24.8. The fourth-order valence-electron chi connectivity index (χ4n) is 4.15. The van der Waals surface area contributed by atoms with Crippen molar-refractivity contribution < 1.29 is 22.7 Å². The molecule has 0 heterocycles. The van der Waals surface area contributed by atoms with Gasteiger partial charge in [0.2, 0.25) is 0 Å². The van der Waals surface area contributed by atoms with Crippen molar-refractivity contribution in [1.29, 1.82) is 0 Å². The molecule has 4 nitrogen and oxygen atoms in total. The molecular formula is C25H50MgO4. The van der Waals surface area contributed by atoms with Crippen molar-refractivity contribution in [2.45, 2.75) is 136 Å². The number of unbranched alkanes of at least 4 members (excludes halogenated alkanes) is 14. The van der Waals surface area contributed by atoms with E-state index >= 15 is 0 Å². The van der Waals surface area contributed by atoms with Crippen molar-refractivity contribution in [2.24, 2.45) is 11.8 Å². The fraction of sp³-hybridized carbons (Fsp3) is 0.920. The molecule has 0 aliphatic rings. The first kappa shape index (κ1) is 31.9. The largest absolute Gasteiger partial charge is 2.00 e. The van der Waals surface area contributed by atoms with Crippen LogP contribution < -0.4 is 0 Å². The molecule has 0 fully saturated rings. The van der Waals surface area contributed by atoms with Crippen LogP contribution in [0, 0.1) is 11.8 Å². The maximum atomic E-state index is 11.3. The van der Waals surface area contributed by atoms with E-state index in [1.54, 1.807) is 0 Å². The van der Waals surface area contributed by atoms with Crippen LogP contribution in [0.3, 0.4) is 0 Å². The second-order valence-electron chi connectivity index (χ2n) is 8.86. The molecule has 0 aliphatic carbocycles. The molecule has 0 atom stereocenters. The van der Waals surface area contributed by atoms with Crippen molar-refractivity contribution in [3.63, 3.8) is 0 Å². The topological polar surface area (TPSA) is 74.6 Å². The zero-order valence-electron chi connectivity index (χ0n) is 22.0. The summed E-state index contributed by atoms with van der Waals surface area (Å²) in [5, 5.41) is 18.5. The van der Waals surface area contributed by atoms with Crippen LogP contribution in [0.15, 0.2) is 0 Å². The van der Waals surface area contributed by atoms with Gasteiger partial charge in [-0.1, -0.05) is 129 Å². The minimum atomic E-state index is -1.25. The zero-order valence-corrected chi connectivity index (χ0v) is 21.4. The van der Waals surface area contributed by atoms with Gasteiger partial charge in [0.25, 0.3) is 0 Å². The molecule has 0 aliphatic heterocycles. The third kappa shape index (κ3) is 19.7. The van der Waals surface area contributed by atoms with Crippen LogP contribution in [0.4, 0.5) is 0 Å². The quantitative estimate of drug-likeness (QED) is 0.103. The van der Waals surface area contributed by atoms with Gasteiger partial charge in [0.15, 0.2) is 5.92 Å². The van der Waals surface area contributed by atoms with E-state index in [0.29, 0.717) is 0 Å². The monoisotopic (exact) mass is 438 g/mol. The summed E-state index contributed by atoms with van der Waals surface area (Å²) in [5.74, 6) is -3.39. The van der Waals surface area contributed by atoms with Gasteiger partial charge in [-0.15, -0.1) is 0 Å². The van der Waals surface area contributed by atoms with E-state index in [0.717, 1.165) is 25.7 Å². The molecule has 0 radical (unpaired) electrons. The SMILES string of the molecule is CCCCCCCCCCC(CCCCCCCCCC)CC(C(=O)O)C(=O)O.[H-].[H-].[Mg+2]. The Morgan fingerprint density at radius 3 is 1.20 bits per heavy atom. The van der Waals surface area contributed by atoms with Crippen LogP contribution in [0.2, 0.25) is 0 Å². The van der Waals surface area contributed by atoms with Crippen molar-refractivity contribution in [2.75, 3.05) is 0 Å². The molecule has 0 amide bonds. The standard InChI is InChI=1S/C25H48O4.Mg.2H/c1-3-5-7-9-11-13-15-17-19-22(21-23(24(26)27)25(28)29)20-18-16-14-12-10-8-6-4-2;;;/h22-23H,3-21H2,1-2H3,(H,26,27)(H,28,29);;;/q;+2;2*-1. The number of hydrogen-bond acceptors (Lipinski definition) is 2. The van der Waals surface area contributed by atoms with E-state index in [4.69, 9.17) is 0 Å². The summed E-state index contributed by atoms with van der Waals surface area (Å²) in [5.41, 5.74) is 0. The summed E-state index contributed by atoms with van der Waals surface area (Å²) < 4.78 is 0. The second-order valence-corrected chi connectivity index (χ2v) is 8.86. The van der Waals surface area contributed by atoms with Gasteiger partial charge in [-0.2, -0.15) is 0 Å². The molecule has 176 valence electrons. The van der Waals surface area contributed by atoms with E-state index < -0.39 is 17.9 Å². The van der Waals surface area contributed by atoms with Gasteiger partial charge in [0.1, 0.15) is 0 Å².